The highest BCUT2D eigenvalue weighted by atomic mass is 16.2. The third-order valence-electron chi connectivity index (χ3n) is 5.22. The molecule has 0 spiro atoms. The van der Waals surface area contributed by atoms with E-state index in [0.29, 0.717) is 5.56 Å². The Labute approximate surface area is 160 Å². The normalized spacial score (nSPS) is 16.1. The predicted molar refractivity (Wildman–Crippen MR) is 111 cm³/mol. The topological polar surface area (TPSA) is 32.3 Å². The molecule has 1 amide bonds. The minimum Gasteiger partial charge on any atom is -0.360 e. The number of rotatable bonds is 2. The van der Waals surface area contributed by atoms with E-state index in [-0.39, 0.29) is 12.1 Å². The van der Waals surface area contributed by atoms with Crippen molar-refractivity contribution in [3.05, 3.63) is 94.0 Å². The quantitative estimate of drug-likeness (QED) is 0.639. The van der Waals surface area contributed by atoms with Gasteiger partial charge >= 0.3 is 0 Å². The highest BCUT2D eigenvalue weighted by Crippen LogP contribution is 2.39. The van der Waals surface area contributed by atoms with Crippen LogP contribution < -0.4 is 10.2 Å². The third-order valence-corrected chi connectivity index (χ3v) is 5.22. The van der Waals surface area contributed by atoms with Crippen molar-refractivity contribution in [3.63, 3.8) is 0 Å². The first-order valence-electron chi connectivity index (χ1n) is 9.29. The largest absolute Gasteiger partial charge is 0.360 e. The van der Waals surface area contributed by atoms with Gasteiger partial charge in [0.2, 0.25) is 0 Å². The molecule has 3 heteroatoms. The van der Waals surface area contributed by atoms with Gasteiger partial charge in [-0.2, -0.15) is 0 Å². The average Bonchev–Trinajstić information content (AvgIpc) is 2.61. The van der Waals surface area contributed by atoms with Crippen molar-refractivity contribution >= 4 is 17.3 Å². The smallest absolute Gasteiger partial charge is 0.262 e. The Kier molecular flexibility index (Phi) is 4.23. The Bertz CT molecular complexity index is 1020. The van der Waals surface area contributed by atoms with E-state index in [4.69, 9.17) is 0 Å². The van der Waals surface area contributed by atoms with Crippen LogP contribution >= 0.6 is 0 Å². The number of anilines is 2. The van der Waals surface area contributed by atoms with Crippen LogP contribution in [0.5, 0.6) is 0 Å². The Morgan fingerprint density at radius 1 is 0.815 bits per heavy atom. The molecule has 136 valence electrons. The molecule has 0 saturated heterocycles. The Morgan fingerprint density at radius 3 is 2.22 bits per heavy atom. The molecular formula is C24H24N2O. The van der Waals surface area contributed by atoms with Crippen LogP contribution in [0.2, 0.25) is 0 Å². The van der Waals surface area contributed by atoms with Crippen molar-refractivity contribution in [2.75, 3.05) is 10.2 Å². The maximum absolute atomic E-state index is 13.5. The van der Waals surface area contributed by atoms with Crippen LogP contribution in [-0.2, 0) is 0 Å². The van der Waals surface area contributed by atoms with Crippen molar-refractivity contribution < 1.29 is 4.79 Å². The van der Waals surface area contributed by atoms with E-state index in [1.807, 2.05) is 41.3 Å². The average molecular weight is 356 g/mol. The number of fused-ring (bicyclic) bond motifs is 1. The summed E-state index contributed by atoms with van der Waals surface area (Å²) in [7, 11) is 0. The molecule has 27 heavy (non-hydrogen) atoms. The molecule has 0 saturated carbocycles. The van der Waals surface area contributed by atoms with Gasteiger partial charge in [-0.25, -0.2) is 0 Å². The molecule has 3 nitrogen and oxygen atoms in total. The zero-order chi connectivity index (χ0) is 19.1. The molecule has 0 fully saturated rings. The minimum absolute atomic E-state index is 0.0272. The second-order valence-corrected chi connectivity index (χ2v) is 7.42. The molecule has 1 heterocycles. The summed E-state index contributed by atoms with van der Waals surface area (Å²) in [5.41, 5.74) is 8.41. The van der Waals surface area contributed by atoms with Crippen LogP contribution in [0.1, 0.15) is 44.3 Å². The number of carbonyl (C=O) groups excluding carboxylic acids is 1. The summed E-state index contributed by atoms with van der Waals surface area (Å²) in [5.74, 6) is 0.0272. The molecule has 3 aromatic rings. The fraction of sp³-hybridized carbons (Fsp3) is 0.208. The summed E-state index contributed by atoms with van der Waals surface area (Å²) >= 11 is 0. The number of benzene rings is 3. The van der Waals surface area contributed by atoms with Crippen molar-refractivity contribution in [1.29, 1.82) is 0 Å². The predicted octanol–water partition coefficient (Wildman–Crippen LogP) is 5.69. The van der Waals surface area contributed by atoms with Crippen LogP contribution in [-0.4, -0.2) is 5.91 Å². The number of para-hydroxylation sites is 1. The summed E-state index contributed by atoms with van der Waals surface area (Å²) in [4.78, 5) is 15.4. The zero-order valence-corrected chi connectivity index (χ0v) is 16.2. The summed E-state index contributed by atoms with van der Waals surface area (Å²) in [6, 6.07) is 20.2. The maximum Gasteiger partial charge on any atom is 0.262 e. The van der Waals surface area contributed by atoms with E-state index in [1.54, 1.807) is 0 Å². The van der Waals surface area contributed by atoms with E-state index in [9.17, 15) is 4.79 Å². The van der Waals surface area contributed by atoms with Gasteiger partial charge in [-0.3, -0.25) is 9.69 Å². The molecule has 0 aromatic heterocycles. The highest BCUT2D eigenvalue weighted by Gasteiger charge is 2.35. The number of hydrogen-bond donors (Lipinski definition) is 1. The minimum atomic E-state index is -0.241. The number of nitrogens with zero attached hydrogens (tertiary/aromatic N) is 1. The molecule has 4 rings (SSSR count). The Morgan fingerprint density at radius 2 is 1.52 bits per heavy atom. The molecule has 1 unspecified atom stereocenters. The molecule has 1 aliphatic rings. The molecule has 0 bridgehead atoms. The standard InChI is InChI=1S/C24H24N2O/c1-15-8-7-9-19(14-15)26-23(22-17(3)12-16(2)13-18(22)4)25-21-11-6-5-10-20(21)24(26)27/h5-14,23,25H,1-4H3. The van der Waals surface area contributed by atoms with Crippen molar-refractivity contribution in [1.82, 2.24) is 0 Å². The lowest BCUT2D eigenvalue weighted by molar-refractivity contribution is 0.0975. The fourth-order valence-corrected chi connectivity index (χ4v) is 4.12. The summed E-state index contributed by atoms with van der Waals surface area (Å²) in [5, 5.41) is 3.62. The molecule has 1 atom stereocenters. The van der Waals surface area contributed by atoms with Gasteiger partial charge in [0.15, 0.2) is 0 Å². The van der Waals surface area contributed by atoms with Crippen LogP contribution in [0.25, 0.3) is 0 Å². The summed E-state index contributed by atoms with van der Waals surface area (Å²) < 4.78 is 0. The van der Waals surface area contributed by atoms with Crippen LogP contribution in [0, 0.1) is 27.7 Å². The summed E-state index contributed by atoms with van der Waals surface area (Å²) in [6.45, 7) is 8.40. The maximum atomic E-state index is 13.5. The van der Waals surface area contributed by atoms with Gasteiger partial charge in [-0.15, -0.1) is 0 Å². The second-order valence-electron chi connectivity index (χ2n) is 7.42. The molecule has 1 aliphatic heterocycles. The number of aryl methyl sites for hydroxylation is 4. The summed E-state index contributed by atoms with van der Waals surface area (Å²) in [6.07, 6.45) is -0.241. The van der Waals surface area contributed by atoms with Crippen LogP contribution in [0.4, 0.5) is 11.4 Å². The molecule has 0 radical (unpaired) electrons. The number of hydrogen-bond acceptors (Lipinski definition) is 2. The van der Waals surface area contributed by atoms with Crippen LogP contribution in [0.15, 0.2) is 60.7 Å². The Balaban J connectivity index is 1.94. The van der Waals surface area contributed by atoms with E-state index in [0.717, 1.165) is 22.5 Å². The first-order valence-corrected chi connectivity index (χ1v) is 9.29. The fourth-order valence-electron chi connectivity index (χ4n) is 4.12. The first kappa shape index (κ1) is 17.3. The van der Waals surface area contributed by atoms with E-state index >= 15 is 0 Å². The number of carbonyl (C=O) groups is 1. The van der Waals surface area contributed by atoms with E-state index < -0.39 is 0 Å². The molecule has 1 N–H and O–H groups in total. The van der Waals surface area contributed by atoms with Gasteiger partial charge in [0.05, 0.1) is 5.56 Å². The molecule has 3 aromatic carbocycles. The Hall–Kier alpha value is -3.07. The van der Waals surface area contributed by atoms with Crippen LogP contribution in [0.3, 0.4) is 0 Å². The van der Waals surface area contributed by atoms with Gasteiger partial charge in [0.1, 0.15) is 6.17 Å². The second kappa shape index (κ2) is 6.58. The lowest BCUT2D eigenvalue weighted by Crippen LogP contribution is -2.43. The van der Waals surface area contributed by atoms with E-state index in [1.165, 1.54) is 16.7 Å². The van der Waals surface area contributed by atoms with Gasteiger partial charge in [0.25, 0.3) is 5.91 Å². The van der Waals surface area contributed by atoms with E-state index in [2.05, 4.69) is 57.3 Å². The van der Waals surface area contributed by atoms with Crippen molar-refractivity contribution in [2.24, 2.45) is 0 Å². The lowest BCUT2D eigenvalue weighted by atomic mass is 9.94. The first-order chi connectivity index (χ1) is 13.0. The van der Waals surface area contributed by atoms with Gasteiger partial charge in [0, 0.05) is 16.9 Å². The molecule has 0 aliphatic carbocycles. The van der Waals surface area contributed by atoms with Gasteiger partial charge in [-0.05, 0) is 68.7 Å². The van der Waals surface area contributed by atoms with Gasteiger partial charge < -0.3 is 5.32 Å². The van der Waals surface area contributed by atoms with Crippen molar-refractivity contribution in [2.45, 2.75) is 33.9 Å². The SMILES string of the molecule is Cc1cccc(N2C(=O)c3ccccc3NC2c2c(C)cc(C)cc2C)c1. The van der Waals surface area contributed by atoms with Gasteiger partial charge in [-0.1, -0.05) is 42.0 Å². The monoisotopic (exact) mass is 356 g/mol. The number of nitrogens with one attached hydrogen (secondary N) is 1. The number of amides is 1. The zero-order valence-electron chi connectivity index (χ0n) is 16.2. The molecular weight excluding hydrogens is 332 g/mol. The lowest BCUT2D eigenvalue weighted by Gasteiger charge is -2.39. The highest BCUT2D eigenvalue weighted by molar-refractivity contribution is 6.12. The third kappa shape index (κ3) is 2.99. The van der Waals surface area contributed by atoms with Crippen molar-refractivity contribution in [3.8, 4) is 0 Å².